The largest absolute Gasteiger partial charge is 0.453 e. The van der Waals surface area contributed by atoms with E-state index in [1.165, 1.54) is 39.2 Å². The number of methoxy groups -OCH3 is 1. The molecule has 1 aliphatic heterocycles. The molecule has 0 bridgehead atoms. The summed E-state index contributed by atoms with van der Waals surface area (Å²) in [5, 5.41) is 10.3. The van der Waals surface area contributed by atoms with Crippen LogP contribution in [0.1, 0.15) is 85.0 Å². The highest BCUT2D eigenvalue weighted by molar-refractivity contribution is 5.76. The van der Waals surface area contributed by atoms with E-state index in [9.17, 15) is 14.7 Å². The Kier molecular flexibility index (Phi) is 7.21. The van der Waals surface area contributed by atoms with Gasteiger partial charge >= 0.3 is 6.09 Å². The number of ether oxygens (including phenoxy) is 1. The van der Waals surface area contributed by atoms with E-state index >= 15 is 0 Å². The molecule has 1 unspecified atom stereocenters. The summed E-state index contributed by atoms with van der Waals surface area (Å²) in [6, 6.07) is 0. The highest BCUT2D eigenvalue weighted by atomic mass is 16.5. The first kappa shape index (κ1) is 26.1. The third-order valence-electron chi connectivity index (χ3n) is 11.7. The lowest BCUT2D eigenvalue weighted by molar-refractivity contribution is -0.133. The monoisotopic (exact) mass is 500 g/mol. The molecule has 5 aliphatic rings. The van der Waals surface area contributed by atoms with E-state index in [2.05, 4.69) is 26.8 Å². The molecule has 2 amide bonds. The fourth-order valence-electron chi connectivity index (χ4n) is 9.59. The molecule has 1 N–H and O–H groups in total. The summed E-state index contributed by atoms with van der Waals surface area (Å²) in [6.07, 6.45) is 13.2. The van der Waals surface area contributed by atoms with Gasteiger partial charge in [0, 0.05) is 32.6 Å². The Hall–Kier alpha value is -1.56. The standard InChI is InChI=1S/C30H48N2O4/c1-20(5-10-27(34)31-15-17-32(18-16-31)28(35)36-4)24-8-9-25-23-7-6-21-19-22(33)11-13-29(21,2)26(23)12-14-30(24,25)3/h6,20,22-26,33H,5,7-19H2,1-4H3/t20?,22-,23-,24+,25-,26-,29-,30+/m0/s1. The second kappa shape index (κ2) is 9.96. The van der Waals surface area contributed by atoms with Gasteiger partial charge in [-0.25, -0.2) is 4.79 Å². The van der Waals surface area contributed by atoms with Gasteiger partial charge < -0.3 is 19.6 Å². The Morgan fingerprint density at radius 2 is 1.78 bits per heavy atom. The molecule has 0 aromatic heterocycles. The number of amides is 2. The summed E-state index contributed by atoms with van der Waals surface area (Å²) < 4.78 is 4.81. The maximum absolute atomic E-state index is 13.0. The van der Waals surface area contributed by atoms with E-state index < -0.39 is 0 Å². The lowest BCUT2D eigenvalue weighted by Crippen LogP contribution is -2.51. The fraction of sp³-hybridized carbons (Fsp3) is 0.867. The molecule has 1 saturated heterocycles. The number of aliphatic hydroxyl groups excluding tert-OH is 1. The minimum Gasteiger partial charge on any atom is -0.453 e. The quantitative estimate of drug-likeness (QED) is 0.535. The van der Waals surface area contributed by atoms with E-state index in [0.717, 1.165) is 43.4 Å². The number of hydrogen-bond donors (Lipinski definition) is 1. The molecule has 0 aromatic carbocycles. The van der Waals surface area contributed by atoms with Gasteiger partial charge in [0.25, 0.3) is 0 Å². The van der Waals surface area contributed by atoms with Crippen LogP contribution in [-0.2, 0) is 9.53 Å². The molecule has 4 fully saturated rings. The van der Waals surface area contributed by atoms with Crippen molar-refractivity contribution in [2.75, 3.05) is 33.3 Å². The fourth-order valence-corrected chi connectivity index (χ4v) is 9.59. The molecule has 3 saturated carbocycles. The average Bonchev–Trinajstić information content (AvgIpc) is 3.24. The lowest BCUT2D eigenvalue weighted by Gasteiger charge is -2.58. The molecule has 4 aliphatic carbocycles. The highest BCUT2D eigenvalue weighted by Crippen LogP contribution is 2.67. The van der Waals surface area contributed by atoms with Crippen molar-refractivity contribution in [1.29, 1.82) is 0 Å². The van der Waals surface area contributed by atoms with E-state index in [1.54, 1.807) is 10.5 Å². The molecule has 8 atom stereocenters. The first-order chi connectivity index (χ1) is 17.2. The number of allylic oxidation sites excluding steroid dienone is 1. The third kappa shape index (κ3) is 4.39. The first-order valence-electron chi connectivity index (χ1n) is 14.7. The van der Waals surface area contributed by atoms with Gasteiger partial charge in [-0.3, -0.25) is 4.79 Å². The number of hydrogen-bond acceptors (Lipinski definition) is 4. The normalized spacial score (nSPS) is 41.0. The third-order valence-corrected chi connectivity index (χ3v) is 11.7. The van der Waals surface area contributed by atoms with Crippen molar-refractivity contribution in [2.24, 2.45) is 40.4 Å². The van der Waals surface area contributed by atoms with Gasteiger partial charge in [0.2, 0.25) is 5.91 Å². The van der Waals surface area contributed by atoms with Gasteiger partial charge in [-0.15, -0.1) is 0 Å². The second-order valence-corrected chi connectivity index (χ2v) is 13.2. The Morgan fingerprint density at radius 3 is 2.50 bits per heavy atom. The van der Waals surface area contributed by atoms with Gasteiger partial charge in [0.1, 0.15) is 0 Å². The highest BCUT2D eigenvalue weighted by Gasteiger charge is 2.59. The number of piperazine rings is 1. The minimum absolute atomic E-state index is 0.133. The summed E-state index contributed by atoms with van der Waals surface area (Å²) in [6.45, 7) is 9.84. The van der Waals surface area contributed by atoms with Crippen LogP contribution in [-0.4, -0.2) is 66.3 Å². The van der Waals surface area contributed by atoms with E-state index in [0.29, 0.717) is 55.3 Å². The van der Waals surface area contributed by atoms with Crippen LogP contribution < -0.4 is 0 Å². The van der Waals surface area contributed by atoms with E-state index in [-0.39, 0.29) is 18.1 Å². The van der Waals surface area contributed by atoms with Gasteiger partial charge in [0.15, 0.2) is 0 Å². The summed E-state index contributed by atoms with van der Waals surface area (Å²) in [5.74, 6) is 3.88. The van der Waals surface area contributed by atoms with Gasteiger partial charge in [-0.1, -0.05) is 32.4 Å². The number of carbonyl (C=O) groups excluding carboxylic acids is 2. The molecule has 36 heavy (non-hydrogen) atoms. The predicted octanol–water partition coefficient (Wildman–Crippen LogP) is 5.25. The lowest BCUT2D eigenvalue weighted by atomic mass is 9.47. The number of nitrogens with zero attached hydrogens (tertiary/aromatic N) is 2. The predicted molar refractivity (Wildman–Crippen MR) is 140 cm³/mol. The SMILES string of the molecule is COC(=O)N1CCN(C(=O)CCC(C)[C@H]2CC[C@H]3[C@@H]4CC=C5C[C@@H](O)CC[C@]5(C)[C@H]4CC[C@]23C)CC1. The van der Waals surface area contributed by atoms with Crippen LogP contribution in [0, 0.1) is 40.4 Å². The summed E-state index contributed by atoms with van der Waals surface area (Å²) >= 11 is 0. The molecule has 6 nitrogen and oxygen atoms in total. The molecule has 202 valence electrons. The van der Waals surface area contributed by atoms with Crippen LogP contribution in [0.15, 0.2) is 11.6 Å². The zero-order valence-electron chi connectivity index (χ0n) is 23.0. The topological polar surface area (TPSA) is 70.1 Å². The average molecular weight is 501 g/mol. The first-order valence-corrected chi connectivity index (χ1v) is 14.7. The Balaban J connectivity index is 1.18. The van der Waals surface area contributed by atoms with Crippen LogP contribution in [0.5, 0.6) is 0 Å². The van der Waals surface area contributed by atoms with E-state index in [1.807, 2.05) is 4.90 Å². The van der Waals surface area contributed by atoms with Gasteiger partial charge in [-0.05, 0) is 98.2 Å². The van der Waals surface area contributed by atoms with Crippen molar-refractivity contribution in [1.82, 2.24) is 9.80 Å². The smallest absolute Gasteiger partial charge is 0.409 e. The Morgan fingerprint density at radius 1 is 1.06 bits per heavy atom. The van der Waals surface area contributed by atoms with Gasteiger partial charge in [0.05, 0.1) is 13.2 Å². The second-order valence-electron chi connectivity index (χ2n) is 13.2. The Bertz CT molecular complexity index is 880. The molecular weight excluding hydrogens is 452 g/mol. The summed E-state index contributed by atoms with van der Waals surface area (Å²) in [5.41, 5.74) is 2.25. The molecule has 0 spiro atoms. The minimum atomic E-state index is -0.297. The van der Waals surface area contributed by atoms with Crippen LogP contribution in [0.2, 0.25) is 0 Å². The van der Waals surface area contributed by atoms with Crippen LogP contribution >= 0.6 is 0 Å². The number of aliphatic hydroxyl groups is 1. The Labute approximate surface area is 217 Å². The van der Waals surface area contributed by atoms with Crippen LogP contribution in [0.4, 0.5) is 4.79 Å². The van der Waals surface area contributed by atoms with Crippen molar-refractivity contribution in [3.8, 4) is 0 Å². The zero-order valence-corrected chi connectivity index (χ0v) is 23.0. The van der Waals surface area contributed by atoms with Crippen LogP contribution in [0.25, 0.3) is 0 Å². The molecule has 5 rings (SSSR count). The van der Waals surface area contributed by atoms with Crippen molar-refractivity contribution in [3.63, 3.8) is 0 Å². The molecule has 1 heterocycles. The molecular formula is C30H48N2O4. The van der Waals surface area contributed by atoms with Crippen molar-refractivity contribution in [3.05, 3.63) is 11.6 Å². The maximum Gasteiger partial charge on any atom is 0.409 e. The zero-order chi connectivity index (χ0) is 25.7. The van der Waals surface area contributed by atoms with Crippen molar-refractivity contribution in [2.45, 2.75) is 91.1 Å². The molecule has 0 radical (unpaired) electrons. The molecule has 6 heteroatoms. The van der Waals surface area contributed by atoms with Gasteiger partial charge in [-0.2, -0.15) is 0 Å². The van der Waals surface area contributed by atoms with E-state index in [4.69, 9.17) is 4.74 Å². The number of fused-ring (bicyclic) bond motifs is 5. The van der Waals surface area contributed by atoms with Crippen molar-refractivity contribution < 1.29 is 19.4 Å². The summed E-state index contributed by atoms with van der Waals surface area (Å²) in [4.78, 5) is 28.3. The molecule has 0 aromatic rings. The number of rotatable bonds is 4. The maximum atomic E-state index is 13.0. The summed E-state index contributed by atoms with van der Waals surface area (Å²) in [7, 11) is 1.41. The number of carbonyl (C=O) groups is 2. The van der Waals surface area contributed by atoms with Crippen molar-refractivity contribution >= 4 is 12.0 Å². The van der Waals surface area contributed by atoms with Crippen LogP contribution in [0.3, 0.4) is 0 Å².